The fraction of sp³-hybridized carbons (Fsp3) is 0.393. The third kappa shape index (κ3) is 6.41. The number of hydrogen-bond acceptors (Lipinski definition) is 4. The van der Waals surface area contributed by atoms with Gasteiger partial charge in [-0.3, -0.25) is 9.52 Å². The van der Waals surface area contributed by atoms with Crippen molar-refractivity contribution in [3.05, 3.63) is 66.2 Å². The molecule has 0 aliphatic heterocycles. The molecule has 0 radical (unpaired) electrons. The molecule has 186 valence electrons. The summed E-state index contributed by atoms with van der Waals surface area (Å²) in [6.07, 6.45) is 6.37. The monoisotopic (exact) mass is 493 g/mol. The van der Waals surface area contributed by atoms with E-state index in [2.05, 4.69) is 21.4 Å². The van der Waals surface area contributed by atoms with E-state index in [-0.39, 0.29) is 10.8 Å². The van der Waals surface area contributed by atoms with E-state index in [1.807, 2.05) is 39.0 Å². The molecule has 1 aliphatic rings. The van der Waals surface area contributed by atoms with E-state index in [0.29, 0.717) is 22.8 Å². The van der Waals surface area contributed by atoms with Gasteiger partial charge in [-0.05, 0) is 60.2 Å². The van der Waals surface area contributed by atoms with Crippen molar-refractivity contribution in [1.82, 2.24) is 5.32 Å². The third-order valence-corrected chi connectivity index (χ3v) is 7.91. The summed E-state index contributed by atoms with van der Waals surface area (Å²) in [5, 5.41) is 8.08. The number of rotatable bonds is 7. The second kappa shape index (κ2) is 10.4. The maximum absolute atomic E-state index is 13.2. The van der Waals surface area contributed by atoms with Gasteiger partial charge >= 0.3 is 0 Å². The predicted octanol–water partition coefficient (Wildman–Crippen LogP) is 6.05. The highest BCUT2D eigenvalue weighted by Gasteiger charge is 2.22. The third-order valence-electron chi connectivity index (χ3n) is 6.47. The number of carbonyl (C=O) groups excluding carboxylic acids is 1. The maximum Gasteiger partial charge on any atom is 0.262 e. The van der Waals surface area contributed by atoms with E-state index in [0.717, 1.165) is 17.5 Å². The quantitative estimate of drug-likeness (QED) is 0.374. The van der Waals surface area contributed by atoms with Gasteiger partial charge in [-0.1, -0.05) is 64.3 Å². The Labute approximate surface area is 208 Å². The molecule has 6 nitrogen and oxygen atoms in total. The first kappa shape index (κ1) is 25.2. The minimum absolute atomic E-state index is 0.102. The standard InChI is InChI=1S/C28H35N3O3S/c1-28(2,3)27(32)30-23-13-15-24(16-14-23)31-35(33,34)26-11-7-8-21-18-20(12-17-25(21)26)19-29-22-9-5-4-6-10-22/h7-8,11-18,22,29,31H,4-6,9-10,19H2,1-3H3,(H,30,32). The number of sulfonamides is 1. The first-order valence-corrected chi connectivity index (χ1v) is 13.8. The molecule has 7 heteroatoms. The van der Waals surface area contributed by atoms with Gasteiger partial charge in [-0.25, -0.2) is 8.42 Å². The molecule has 35 heavy (non-hydrogen) atoms. The van der Waals surface area contributed by atoms with Crippen LogP contribution in [0.1, 0.15) is 58.4 Å². The van der Waals surface area contributed by atoms with Gasteiger partial charge in [0, 0.05) is 34.8 Å². The maximum atomic E-state index is 13.2. The van der Waals surface area contributed by atoms with Gasteiger partial charge in [-0.2, -0.15) is 0 Å². The largest absolute Gasteiger partial charge is 0.326 e. The van der Waals surface area contributed by atoms with E-state index >= 15 is 0 Å². The first-order chi connectivity index (χ1) is 16.6. The van der Waals surface area contributed by atoms with Crippen molar-refractivity contribution >= 4 is 38.1 Å². The molecule has 0 bridgehead atoms. The summed E-state index contributed by atoms with van der Waals surface area (Å²) >= 11 is 0. The van der Waals surface area contributed by atoms with Gasteiger partial charge in [0.25, 0.3) is 10.0 Å². The first-order valence-electron chi connectivity index (χ1n) is 12.3. The lowest BCUT2D eigenvalue weighted by Gasteiger charge is -2.23. The van der Waals surface area contributed by atoms with Crippen molar-refractivity contribution in [2.24, 2.45) is 5.41 Å². The second-order valence-corrected chi connectivity index (χ2v) is 12.1. The second-order valence-electron chi connectivity index (χ2n) is 10.4. The lowest BCUT2D eigenvalue weighted by atomic mass is 9.95. The molecular formula is C28H35N3O3S. The molecule has 0 atom stereocenters. The fourth-order valence-electron chi connectivity index (χ4n) is 4.37. The molecule has 3 aromatic rings. The van der Waals surface area contributed by atoms with Crippen molar-refractivity contribution in [3.8, 4) is 0 Å². The van der Waals surface area contributed by atoms with Crippen LogP contribution in [0.4, 0.5) is 11.4 Å². The van der Waals surface area contributed by atoms with Crippen molar-refractivity contribution < 1.29 is 13.2 Å². The average Bonchev–Trinajstić information content (AvgIpc) is 2.83. The van der Waals surface area contributed by atoms with Gasteiger partial charge in [0.15, 0.2) is 0 Å². The summed E-state index contributed by atoms with van der Waals surface area (Å²) < 4.78 is 29.1. The Morgan fingerprint density at radius 2 is 1.60 bits per heavy atom. The molecule has 0 aromatic heterocycles. The van der Waals surface area contributed by atoms with Crippen LogP contribution in [-0.4, -0.2) is 20.4 Å². The van der Waals surface area contributed by atoms with E-state index in [1.165, 1.54) is 32.1 Å². The minimum Gasteiger partial charge on any atom is -0.326 e. The predicted molar refractivity (Wildman–Crippen MR) is 143 cm³/mol. The summed E-state index contributed by atoms with van der Waals surface area (Å²) in [6.45, 7) is 6.30. The molecule has 1 aliphatic carbocycles. The molecule has 3 N–H and O–H groups in total. The summed E-state index contributed by atoms with van der Waals surface area (Å²) in [7, 11) is -3.79. The number of hydrogen-bond donors (Lipinski definition) is 3. The topological polar surface area (TPSA) is 87.3 Å². The van der Waals surface area contributed by atoms with Crippen LogP contribution in [0.2, 0.25) is 0 Å². The van der Waals surface area contributed by atoms with Crippen LogP contribution in [0, 0.1) is 5.41 Å². The lowest BCUT2D eigenvalue weighted by Crippen LogP contribution is -2.30. The Morgan fingerprint density at radius 1 is 0.914 bits per heavy atom. The number of amides is 1. The minimum atomic E-state index is -3.79. The van der Waals surface area contributed by atoms with Gasteiger partial charge < -0.3 is 10.6 Å². The number of anilines is 2. The molecule has 3 aromatic carbocycles. The molecule has 0 spiro atoms. The normalized spacial score (nSPS) is 15.2. The lowest BCUT2D eigenvalue weighted by molar-refractivity contribution is -0.123. The molecule has 0 unspecified atom stereocenters. The zero-order chi connectivity index (χ0) is 25.1. The number of benzene rings is 3. The van der Waals surface area contributed by atoms with Crippen molar-refractivity contribution in [1.29, 1.82) is 0 Å². The summed E-state index contributed by atoms with van der Waals surface area (Å²) in [5.41, 5.74) is 1.69. The average molecular weight is 494 g/mol. The van der Waals surface area contributed by atoms with Crippen LogP contribution in [0.3, 0.4) is 0 Å². The Morgan fingerprint density at radius 3 is 2.29 bits per heavy atom. The molecular weight excluding hydrogens is 458 g/mol. The van der Waals surface area contributed by atoms with E-state index in [9.17, 15) is 13.2 Å². The van der Waals surface area contributed by atoms with E-state index < -0.39 is 15.4 Å². The van der Waals surface area contributed by atoms with E-state index in [4.69, 9.17) is 0 Å². The Kier molecular flexibility index (Phi) is 7.47. The zero-order valence-electron chi connectivity index (χ0n) is 20.7. The zero-order valence-corrected chi connectivity index (χ0v) is 21.5. The Balaban J connectivity index is 1.48. The highest BCUT2D eigenvalue weighted by atomic mass is 32.2. The molecule has 1 saturated carbocycles. The summed E-state index contributed by atoms with van der Waals surface area (Å²) in [6, 6.07) is 18.6. The van der Waals surface area contributed by atoms with Crippen LogP contribution in [-0.2, 0) is 21.4 Å². The van der Waals surface area contributed by atoms with Gasteiger partial charge in [-0.15, -0.1) is 0 Å². The number of carbonyl (C=O) groups is 1. The molecule has 0 saturated heterocycles. The fourth-order valence-corrected chi connectivity index (χ4v) is 5.66. The SMILES string of the molecule is CC(C)(C)C(=O)Nc1ccc(NS(=O)(=O)c2cccc3cc(CNC4CCCCC4)ccc23)cc1. The van der Waals surface area contributed by atoms with Crippen LogP contribution in [0.25, 0.3) is 10.8 Å². The van der Waals surface area contributed by atoms with Crippen LogP contribution < -0.4 is 15.4 Å². The highest BCUT2D eigenvalue weighted by molar-refractivity contribution is 7.93. The Bertz CT molecular complexity index is 1290. The molecule has 0 heterocycles. The molecule has 1 fully saturated rings. The highest BCUT2D eigenvalue weighted by Crippen LogP contribution is 2.27. The van der Waals surface area contributed by atoms with Crippen molar-refractivity contribution in [2.45, 2.75) is 70.4 Å². The number of fused-ring (bicyclic) bond motifs is 1. The van der Waals surface area contributed by atoms with Crippen molar-refractivity contribution in [2.75, 3.05) is 10.0 Å². The van der Waals surface area contributed by atoms with Crippen LogP contribution in [0.15, 0.2) is 65.6 Å². The van der Waals surface area contributed by atoms with Crippen molar-refractivity contribution in [3.63, 3.8) is 0 Å². The van der Waals surface area contributed by atoms with E-state index in [1.54, 1.807) is 36.4 Å². The van der Waals surface area contributed by atoms with Crippen LogP contribution in [0.5, 0.6) is 0 Å². The van der Waals surface area contributed by atoms with Crippen LogP contribution >= 0.6 is 0 Å². The molecule has 4 rings (SSSR count). The van der Waals surface area contributed by atoms with Gasteiger partial charge in [0.2, 0.25) is 5.91 Å². The Hall–Kier alpha value is -2.90. The van der Waals surface area contributed by atoms with Gasteiger partial charge in [0.05, 0.1) is 4.90 Å². The summed E-state index contributed by atoms with van der Waals surface area (Å²) in [4.78, 5) is 12.4. The smallest absolute Gasteiger partial charge is 0.262 e. The van der Waals surface area contributed by atoms with Gasteiger partial charge in [0.1, 0.15) is 0 Å². The molecule has 1 amide bonds. The number of nitrogens with one attached hydrogen (secondary N) is 3. The summed E-state index contributed by atoms with van der Waals surface area (Å²) in [5.74, 6) is -0.102.